The molecule has 1 heterocycles. The molecule has 136 valence electrons. The Morgan fingerprint density at radius 1 is 1.24 bits per heavy atom. The zero-order chi connectivity index (χ0) is 17.9. The standard InChI is InChI=1S/C19H28N4O2/c1-20-18(24)17-5-3-4-16(14-17)7-11-23-19(21-2)22-10-6-15-8-12-25-13-9-15/h3-5,8,14H,6-7,9-13H2,1-2H3,(H,20,24)(H2,21,22,23). The molecule has 0 spiro atoms. The van der Waals surface area contributed by atoms with Crippen molar-refractivity contribution in [1.82, 2.24) is 16.0 Å². The maximum Gasteiger partial charge on any atom is 0.251 e. The monoisotopic (exact) mass is 344 g/mol. The van der Waals surface area contributed by atoms with Crippen LogP contribution in [0.3, 0.4) is 0 Å². The van der Waals surface area contributed by atoms with Gasteiger partial charge in [-0.1, -0.05) is 23.8 Å². The van der Waals surface area contributed by atoms with Crippen molar-refractivity contribution in [1.29, 1.82) is 0 Å². The fourth-order valence-corrected chi connectivity index (χ4v) is 2.69. The largest absolute Gasteiger partial charge is 0.377 e. The first kappa shape index (κ1) is 19.0. The average Bonchev–Trinajstić information content (AvgIpc) is 2.67. The van der Waals surface area contributed by atoms with Crippen LogP contribution in [0.25, 0.3) is 0 Å². The van der Waals surface area contributed by atoms with Crippen molar-refractivity contribution in [3.63, 3.8) is 0 Å². The van der Waals surface area contributed by atoms with Crippen molar-refractivity contribution in [2.75, 3.05) is 40.4 Å². The summed E-state index contributed by atoms with van der Waals surface area (Å²) in [5.41, 5.74) is 3.25. The summed E-state index contributed by atoms with van der Waals surface area (Å²) >= 11 is 0. The highest BCUT2D eigenvalue weighted by Crippen LogP contribution is 2.10. The number of amides is 1. The van der Waals surface area contributed by atoms with Crippen LogP contribution >= 0.6 is 0 Å². The van der Waals surface area contributed by atoms with Crippen LogP contribution < -0.4 is 16.0 Å². The van der Waals surface area contributed by atoms with Crippen molar-refractivity contribution in [2.45, 2.75) is 19.3 Å². The SMILES string of the molecule is CN=C(NCCC1=CCOCC1)NCCc1cccc(C(=O)NC)c1. The van der Waals surface area contributed by atoms with Crippen LogP contribution in [0, 0.1) is 0 Å². The summed E-state index contributed by atoms with van der Waals surface area (Å²) < 4.78 is 5.32. The van der Waals surface area contributed by atoms with E-state index in [-0.39, 0.29) is 5.91 Å². The number of ether oxygens (including phenoxy) is 1. The van der Waals surface area contributed by atoms with Crippen LogP contribution in [0.2, 0.25) is 0 Å². The summed E-state index contributed by atoms with van der Waals surface area (Å²) in [5.74, 6) is 0.741. The highest BCUT2D eigenvalue weighted by atomic mass is 16.5. The van der Waals surface area contributed by atoms with E-state index >= 15 is 0 Å². The molecule has 0 radical (unpaired) electrons. The van der Waals surface area contributed by atoms with E-state index in [2.05, 4.69) is 27.0 Å². The predicted molar refractivity (Wildman–Crippen MR) is 101 cm³/mol. The number of nitrogens with zero attached hydrogens (tertiary/aromatic N) is 1. The molecule has 0 atom stereocenters. The molecule has 0 fully saturated rings. The number of guanidine groups is 1. The first-order chi connectivity index (χ1) is 12.2. The number of benzene rings is 1. The van der Waals surface area contributed by atoms with Crippen LogP contribution in [0.1, 0.15) is 28.8 Å². The summed E-state index contributed by atoms with van der Waals surface area (Å²) in [5, 5.41) is 9.29. The lowest BCUT2D eigenvalue weighted by atomic mass is 10.1. The van der Waals surface area contributed by atoms with E-state index in [1.165, 1.54) is 5.57 Å². The van der Waals surface area contributed by atoms with Gasteiger partial charge in [-0.2, -0.15) is 0 Å². The Balaban J connectivity index is 1.72. The number of hydrogen-bond donors (Lipinski definition) is 3. The third-order valence-corrected chi connectivity index (χ3v) is 4.14. The minimum absolute atomic E-state index is 0.0605. The molecule has 1 amide bonds. The smallest absolute Gasteiger partial charge is 0.251 e. The van der Waals surface area contributed by atoms with Gasteiger partial charge in [-0.15, -0.1) is 0 Å². The Morgan fingerprint density at radius 3 is 2.72 bits per heavy atom. The van der Waals surface area contributed by atoms with E-state index < -0.39 is 0 Å². The van der Waals surface area contributed by atoms with Gasteiger partial charge in [0.05, 0.1) is 13.2 Å². The van der Waals surface area contributed by atoms with E-state index in [4.69, 9.17) is 4.74 Å². The van der Waals surface area contributed by atoms with Crippen molar-refractivity contribution in [2.24, 2.45) is 4.99 Å². The van der Waals surface area contributed by atoms with Crippen molar-refractivity contribution >= 4 is 11.9 Å². The van der Waals surface area contributed by atoms with Gasteiger partial charge in [0, 0.05) is 32.7 Å². The molecule has 6 nitrogen and oxygen atoms in total. The van der Waals surface area contributed by atoms with E-state index in [1.807, 2.05) is 24.3 Å². The summed E-state index contributed by atoms with van der Waals surface area (Å²) in [6.45, 7) is 3.18. The van der Waals surface area contributed by atoms with E-state index in [0.717, 1.165) is 57.1 Å². The van der Waals surface area contributed by atoms with Gasteiger partial charge in [0.25, 0.3) is 5.91 Å². The van der Waals surface area contributed by atoms with E-state index in [1.54, 1.807) is 14.1 Å². The summed E-state index contributed by atoms with van der Waals surface area (Å²) in [7, 11) is 3.41. The highest BCUT2D eigenvalue weighted by molar-refractivity contribution is 5.94. The third-order valence-electron chi connectivity index (χ3n) is 4.14. The quantitative estimate of drug-likeness (QED) is 0.398. The van der Waals surface area contributed by atoms with Gasteiger partial charge in [0.15, 0.2) is 5.96 Å². The maximum absolute atomic E-state index is 11.7. The first-order valence-electron chi connectivity index (χ1n) is 8.74. The Labute approximate surface area is 149 Å². The summed E-state index contributed by atoms with van der Waals surface area (Å²) in [6, 6.07) is 7.69. The fraction of sp³-hybridized carbons (Fsp3) is 0.474. The molecular weight excluding hydrogens is 316 g/mol. The average molecular weight is 344 g/mol. The summed E-state index contributed by atoms with van der Waals surface area (Å²) in [6.07, 6.45) is 5.03. The van der Waals surface area contributed by atoms with Crippen molar-refractivity contribution < 1.29 is 9.53 Å². The van der Waals surface area contributed by atoms with E-state index in [9.17, 15) is 4.79 Å². The van der Waals surface area contributed by atoms with Gasteiger partial charge in [-0.3, -0.25) is 9.79 Å². The van der Waals surface area contributed by atoms with Gasteiger partial charge in [0.1, 0.15) is 0 Å². The molecule has 1 aromatic carbocycles. The van der Waals surface area contributed by atoms with Gasteiger partial charge in [-0.05, 0) is 37.0 Å². The second-order valence-corrected chi connectivity index (χ2v) is 5.89. The highest BCUT2D eigenvalue weighted by Gasteiger charge is 2.05. The molecule has 0 unspecified atom stereocenters. The molecule has 1 aliphatic heterocycles. The van der Waals surface area contributed by atoms with Crippen LogP contribution in [0.15, 0.2) is 40.9 Å². The van der Waals surface area contributed by atoms with Crippen LogP contribution in [-0.2, 0) is 11.2 Å². The Kier molecular flexibility index (Phi) is 7.98. The van der Waals surface area contributed by atoms with Crippen LogP contribution in [0.4, 0.5) is 0 Å². The molecule has 0 bridgehead atoms. The van der Waals surface area contributed by atoms with Crippen LogP contribution in [0.5, 0.6) is 0 Å². The minimum atomic E-state index is -0.0605. The molecule has 1 aromatic rings. The number of aliphatic imine (C=N–C) groups is 1. The molecule has 0 saturated carbocycles. The number of hydrogen-bond acceptors (Lipinski definition) is 3. The van der Waals surface area contributed by atoms with Crippen molar-refractivity contribution in [3.8, 4) is 0 Å². The fourth-order valence-electron chi connectivity index (χ4n) is 2.69. The second-order valence-electron chi connectivity index (χ2n) is 5.89. The lowest BCUT2D eigenvalue weighted by Gasteiger charge is -2.15. The molecule has 2 rings (SSSR count). The minimum Gasteiger partial charge on any atom is -0.377 e. The first-order valence-corrected chi connectivity index (χ1v) is 8.74. The molecule has 0 aliphatic carbocycles. The number of carbonyl (C=O) groups is 1. The topological polar surface area (TPSA) is 74.8 Å². The van der Waals surface area contributed by atoms with Gasteiger partial charge in [-0.25, -0.2) is 0 Å². The van der Waals surface area contributed by atoms with E-state index in [0.29, 0.717) is 5.56 Å². The molecule has 0 saturated heterocycles. The lowest BCUT2D eigenvalue weighted by Crippen LogP contribution is -2.38. The zero-order valence-electron chi connectivity index (χ0n) is 15.1. The Morgan fingerprint density at radius 2 is 2.04 bits per heavy atom. The van der Waals surface area contributed by atoms with Gasteiger partial charge < -0.3 is 20.7 Å². The zero-order valence-corrected chi connectivity index (χ0v) is 15.1. The predicted octanol–water partition coefficient (Wildman–Crippen LogP) is 1.49. The molecule has 25 heavy (non-hydrogen) atoms. The van der Waals surface area contributed by atoms with Crippen molar-refractivity contribution in [3.05, 3.63) is 47.0 Å². The van der Waals surface area contributed by atoms with Gasteiger partial charge in [0.2, 0.25) is 0 Å². The molecule has 6 heteroatoms. The second kappa shape index (κ2) is 10.5. The normalized spacial score (nSPS) is 14.6. The molecular formula is C19H28N4O2. The number of carbonyl (C=O) groups excluding carboxylic acids is 1. The summed E-state index contributed by atoms with van der Waals surface area (Å²) in [4.78, 5) is 15.9. The molecule has 3 N–H and O–H groups in total. The van der Waals surface area contributed by atoms with Gasteiger partial charge >= 0.3 is 0 Å². The number of rotatable bonds is 7. The maximum atomic E-state index is 11.7. The van der Waals surface area contributed by atoms with Crippen LogP contribution in [-0.4, -0.2) is 52.3 Å². The number of nitrogens with one attached hydrogen (secondary N) is 3. The third kappa shape index (κ3) is 6.58. The molecule has 1 aliphatic rings. The Bertz CT molecular complexity index is 626. The lowest BCUT2D eigenvalue weighted by molar-refractivity contribution is 0.0963. The Hall–Kier alpha value is -2.34. The molecule has 0 aromatic heterocycles.